The molecule has 27 heavy (non-hydrogen) atoms. The van der Waals surface area contributed by atoms with Crippen molar-refractivity contribution in [2.24, 2.45) is 4.99 Å². The normalized spacial score (nSPS) is 12.7. The first-order valence-electron chi connectivity index (χ1n) is 8.26. The molecule has 0 unspecified atom stereocenters. The van der Waals surface area contributed by atoms with Gasteiger partial charge in [-0.05, 0) is 30.0 Å². The van der Waals surface area contributed by atoms with Gasteiger partial charge in [-0.25, -0.2) is 9.59 Å². The third-order valence-electron chi connectivity index (χ3n) is 3.60. The molecule has 0 saturated carbocycles. The van der Waals surface area contributed by atoms with E-state index in [2.05, 4.69) is 58.3 Å². The van der Waals surface area contributed by atoms with Crippen LogP contribution >= 0.6 is 11.3 Å². The van der Waals surface area contributed by atoms with Gasteiger partial charge in [0.15, 0.2) is 0 Å². The van der Waals surface area contributed by atoms with Gasteiger partial charge in [0.1, 0.15) is 5.84 Å². The number of aliphatic imine (C=N–C) groups is 1. The average Bonchev–Trinajstić information content (AvgIpc) is 3.32. The highest BCUT2D eigenvalue weighted by atomic mass is 32.1. The Labute approximate surface area is 161 Å². The SMILES string of the molecule is Cc1cccc(NCC2=NCCN2)c1-c1cccs1.O=C(O)/C=C/C(=O)O. The monoisotopic (exact) mass is 387 g/mol. The molecule has 1 aromatic carbocycles. The van der Waals surface area contributed by atoms with Gasteiger partial charge >= 0.3 is 11.9 Å². The maximum atomic E-state index is 9.55. The second kappa shape index (κ2) is 10.1. The minimum atomic E-state index is -1.26. The fourth-order valence-electron chi connectivity index (χ4n) is 2.45. The van der Waals surface area contributed by atoms with Crippen LogP contribution in [0.3, 0.4) is 0 Å². The number of aryl methyl sites for hydroxylation is 1. The molecule has 3 rings (SSSR count). The van der Waals surface area contributed by atoms with Gasteiger partial charge in [-0.1, -0.05) is 18.2 Å². The summed E-state index contributed by atoms with van der Waals surface area (Å²) < 4.78 is 0. The van der Waals surface area contributed by atoms with Gasteiger partial charge in [0, 0.05) is 34.8 Å². The number of carbonyl (C=O) groups is 2. The van der Waals surface area contributed by atoms with Crippen molar-refractivity contribution in [2.45, 2.75) is 6.92 Å². The summed E-state index contributed by atoms with van der Waals surface area (Å²) in [6, 6.07) is 10.7. The Morgan fingerprint density at radius 1 is 1.22 bits per heavy atom. The first-order chi connectivity index (χ1) is 13.0. The molecule has 7 nitrogen and oxygen atoms in total. The highest BCUT2D eigenvalue weighted by Gasteiger charge is 2.10. The molecule has 0 bridgehead atoms. The molecular weight excluding hydrogens is 366 g/mol. The van der Waals surface area contributed by atoms with Crippen molar-refractivity contribution >= 4 is 34.8 Å². The van der Waals surface area contributed by atoms with E-state index in [1.54, 1.807) is 11.3 Å². The zero-order chi connectivity index (χ0) is 19.6. The molecule has 0 spiro atoms. The van der Waals surface area contributed by atoms with Crippen LogP contribution in [0.5, 0.6) is 0 Å². The second-order valence-corrected chi connectivity index (χ2v) is 6.54. The zero-order valence-corrected chi connectivity index (χ0v) is 15.6. The van der Waals surface area contributed by atoms with E-state index in [0.29, 0.717) is 12.2 Å². The number of carboxylic acids is 2. The number of nitrogens with one attached hydrogen (secondary N) is 2. The number of benzene rings is 1. The molecule has 0 aliphatic carbocycles. The van der Waals surface area contributed by atoms with E-state index in [-0.39, 0.29) is 0 Å². The highest BCUT2D eigenvalue weighted by Crippen LogP contribution is 2.34. The van der Waals surface area contributed by atoms with E-state index in [1.807, 2.05) is 0 Å². The lowest BCUT2D eigenvalue weighted by molar-refractivity contribution is -0.134. The molecule has 0 radical (unpaired) electrons. The number of hydrogen-bond acceptors (Lipinski definition) is 6. The molecule has 0 saturated heterocycles. The summed E-state index contributed by atoms with van der Waals surface area (Å²) in [5.41, 5.74) is 3.78. The van der Waals surface area contributed by atoms with Crippen molar-refractivity contribution in [3.8, 4) is 10.4 Å². The van der Waals surface area contributed by atoms with E-state index in [0.717, 1.165) is 25.5 Å². The van der Waals surface area contributed by atoms with E-state index in [4.69, 9.17) is 10.2 Å². The fourth-order valence-corrected chi connectivity index (χ4v) is 3.30. The number of anilines is 1. The van der Waals surface area contributed by atoms with Crippen LogP contribution < -0.4 is 10.6 Å². The van der Waals surface area contributed by atoms with E-state index in [1.165, 1.54) is 21.7 Å². The van der Waals surface area contributed by atoms with Gasteiger partial charge in [0.05, 0.1) is 13.1 Å². The van der Waals surface area contributed by atoms with Gasteiger partial charge in [-0.2, -0.15) is 0 Å². The van der Waals surface area contributed by atoms with E-state index < -0.39 is 11.9 Å². The minimum absolute atomic E-state index is 0.558. The largest absolute Gasteiger partial charge is 0.478 e. The van der Waals surface area contributed by atoms with Gasteiger partial charge in [0.2, 0.25) is 0 Å². The molecule has 1 aromatic heterocycles. The minimum Gasteiger partial charge on any atom is -0.478 e. The van der Waals surface area contributed by atoms with Crippen LogP contribution in [-0.2, 0) is 9.59 Å². The lowest BCUT2D eigenvalue weighted by Crippen LogP contribution is -2.26. The number of carboxylic acid groups (broad SMARTS) is 2. The van der Waals surface area contributed by atoms with Crippen molar-refractivity contribution in [1.29, 1.82) is 0 Å². The zero-order valence-electron chi connectivity index (χ0n) is 14.8. The maximum Gasteiger partial charge on any atom is 0.328 e. The Morgan fingerprint density at radius 2 is 1.96 bits per heavy atom. The lowest BCUT2D eigenvalue weighted by atomic mass is 10.0. The summed E-state index contributed by atoms with van der Waals surface area (Å²) in [5.74, 6) is -1.46. The summed E-state index contributed by atoms with van der Waals surface area (Å²) in [5, 5.41) is 24.5. The topological polar surface area (TPSA) is 111 Å². The standard InChI is InChI=1S/C15H17N3S.C4H4O4/c1-11-4-2-5-12(15(11)13-6-3-9-19-13)18-10-14-16-7-8-17-14;5-3(6)1-2-4(7)8/h2-6,9,18H,7-8,10H2,1H3,(H,16,17);1-2H,(H,5,6)(H,7,8)/b;2-1+. The molecule has 2 aromatic rings. The Morgan fingerprint density at radius 3 is 2.52 bits per heavy atom. The molecule has 142 valence electrons. The van der Waals surface area contributed by atoms with Gasteiger partial charge in [-0.3, -0.25) is 4.99 Å². The highest BCUT2D eigenvalue weighted by molar-refractivity contribution is 7.13. The predicted octanol–water partition coefficient (Wildman–Crippen LogP) is 2.85. The quantitative estimate of drug-likeness (QED) is 0.567. The van der Waals surface area contributed by atoms with Crippen LogP contribution in [0.15, 0.2) is 52.9 Å². The number of hydrogen-bond donors (Lipinski definition) is 4. The molecule has 0 fully saturated rings. The van der Waals surface area contributed by atoms with E-state index >= 15 is 0 Å². The van der Waals surface area contributed by atoms with Crippen LogP contribution in [0.25, 0.3) is 10.4 Å². The first-order valence-corrected chi connectivity index (χ1v) is 9.14. The van der Waals surface area contributed by atoms with Crippen molar-refractivity contribution in [1.82, 2.24) is 5.32 Å². The summed E-state index contributed by atoms with van der Waals surface area (Å²) >= 11 is 1.78. The number of thiophene rings is 1. The Hall–Kier alpha value is -3.13. The van der Waals surface area contributed by atoms with Crippen molar-refractivity contribution < 1.29 is 19.8 Å². The van der Waals surface area contributed by atoms with Gasteiger partial charge in [0.25, 0.3) is 0 Å². The molecular formula is C19H21N3O4S. The molecule has 4 N–H and O–H groups in total. The van der Waals surface area contributed by atoms with Gasteiger partial charge in [-0.15, -0.1) is 11.3 Å². The first kappa shape index (κ1) is 20.2. The van der Waals surface area contributed by atoms with Crippen molar-refractivity contribution in [2.75, 3.05) is 25.0 Å². The molecule has 2 heterocycles. The second-order valence-electron chi connectivity index (χ2n) is 5.59. The summed E-state index contributed by atoms with van der Waals surface area (Å²) in [6.45, 7) is 4.78. The smallest absolute Gasteiger partial charge is 0.328 e. The Bertz CT molecular complexity index is 829. The third-order valence-corrected chi connectivity index (χ3v) is 4.49. The van der Waals surface area contributed by atoms with Crippen LogP contribution in [-0.4, -0.2) is 47.6 Å². The lowest BCUT2D eigenvalue weighted by Gasteiger charge is -2.13. The summed E-state index contributed by atoms with van der Waals surface area (Å²) in [4.78, 5) is 24.8. The Balaban J connectivity index is 0.000000279. The Kier molecular flexibility index (Phi) is 7.57. The van der Waals surface area contributed by atoms with Crippen LogP contribution in [0.4, 0.5) is 5.69 Å². The van der Waals surface area contributed by atoms with Crippen molar-refractivity contribution in [3.63, 3.8) is 0 Å². The van der Waals surface area contributed by atoms with Gasteiger partial charge < -0.3 is 20.8 Å². The molecule has 1 aliphatic rings. The summed E-state index contributed by atoms with van der Waals surface area (Å²) in [7, 11) is 0. The predicted molar refractivity (Wildman–Crippen MR) is 108 cm³/mol. The van der Waals surface area contributed by atoms with Crippen LogP contribution in [0.2, 0.25) is 0 Å². The van der Waals surface area contributed by atoms with Crippen LogP contribution in [0.1, 0.15) is 5.56 Å². The summed E-state index contributed by atoms with van der Waals surface area (Å²) in [6.07, 6.45) is 1.12. The maximum absolute atomic E-state index is 9.55. The molecule has 0 amide bonds. The van der Waals surface area contributed by atoms with E-state index in [9.17, 15) is 9.59 Å². The molecule has 8 heteroatoms. The van der Waals surface area contributed by atoms with Crippen molar-refractivity contribution in [3.05, 3.63) is 53.4 Å². The van der Waals surface area contributed by atoms with Crippen LogP contribution in [0, 0.1) is 6.92 Å². The number of rotatable bonds is 6. The average molecular weight is 387 g/mol. The number of aliphatic carboxylic acids is 2. The fraction of sp³-hybridized carbons (Fsp3) is 0.211. The molecule has 0 atom stereocenters. The number of nitrogens with zero attached hydrogens (tertiary/aromatic N) is 1. The molecule has 1 aliphatic heterocycles. The number of amidine groups is 1. The third kappa shape index (κ3) is 6.59.